The van der Waals surface area contributed by atoms with Crippen LogP contribution in [0.2, 0.25) is 0 Å². The normalized spacial score (nSPS) is 12.7. The number of hydrogen-bond acceptors (Lipinski definition) is 5. The Bertz CT molecular complexity index is 822. The molecule has 0 bridgehead atoms. The third-order valence-corrected chi connectivity index (χ3v) is 4.41. The second-order valence-electron chi connectivity index (χ2n) is 5.41. The van der Waals surface area contributed by atoms with E-state index in [-0.39, 0.29) is 12.2 Å². The summed E-state index contributed by atoms with van der Waals surface area (Å²) < 4.78 is 39.6. The fourth-order valence-corrected chi connectivity index (χ4v) is 2.91. The predicted octanol–water partition coefficient (Wildman–Crippen LogP) is 2.21. The summed E-state index contributed by atoms with van der Waals surface area (Å²) in [7, 11) is 0. The Balaban J connectivity index is 2.08. The van der Waals surface area contributed by atoms with Gasteiger partial charge in [-0.2, -0.15) is 13.2 Å². The average molecular weight is 387 g/mol. The molecule has 2 aromatic rings. The SMILES string of the molecule is Cc1nnc(SC(C)C(=O)Nc2cccc(C(F)(F)F)c2)n1CC(N)=O. The van der Waals surface area contributed by atoms with Crippen LogP contribution in [0.4, 0.5) is 18.9 Å². The Kier molecular flexibility index (Phi) is 5.90. The molecule has 2 rings (SSSR count). The van der Waals surface area contributed by atoms with Crippen LogP contribution in [0.15, 0.2) is 29.4 Å². The highest BCUT2D eigenvalue weighted by Crippen LogP contribution is 2.31. The van der Waals surface area contributed by atoms with Crippen LogP contribution in [0.3, 0.4) is 0 Å². The van der Waals surface area contributed by atoms with Gasteiger partial charge in [0.2, 0.25) is 11.8 Å². The van der Waals surface area contributed by atoms with Gasteiger partial charge in [0, 0.05) is 5.69 Å². The molecule has 3 N–H and O–H groups in total. The van der Waals surface area contributed by atoms with E-state index in [2.05, 4.69) is 15.5 Å². The maximum atomic E-state index is 12.7. The van der Waals surface area contributed by atoms with Crippen LogP contribution in [0.5, 0.6) is 0 Å². The van der Waals surface area contributed by atoms with E-state index < -0.39 is 28.8 Å². The van der Waals surface area contributed by atoms with E-state index in [4.69, 9.17) is 5.73 Å². The summed E-state index contributed by atoms with van der Waals surface area (Å²) >= 11 is 1.02. The van der Waals surface area contributed by atoms with Gasteiger partial charge in [-0.3, -0.25) is 14.2 Å². The fourth-order valence-electron chi connectivity index (χ4n) is 2.02. The summed E-state index contributed by atoms with van der Waals surface area (Å²) in [6.45, 7) is 3.06. The second kappa shape index (κ2) is 7.77. The van der Waals surface area contributed by atoms with Crippen molar-refractivity contribution in [2.24, 2.45) is 5.73 Å². The smallest absolute Gasteiger partial charge is 0.368 e. The molecule has 26 heavy (non-hydrogen) atoms. The summed E-state index contributed by atoms with van der Waals surface area (Å²) in [5.74, 6) is -0.645. The van der Waals surface area contributed by atoms with Gasteiger partial charge in [0.15, 0.2) is 5.16 Å². The lowest BCUT2D eigenvalue weighted by Crippen LogP contribution is -2.24. The zero-order chi connectivity index (χ0) is 19.5. The summed E-state index contributed by atoms with van der Waals surface area (Å²) in [5.41, 5.74) is 4.35. The summed E-state index contributed by atoms with van der Waals surface area (Å²) in [6, 6.07) is 4.35. The summed E-state index contributed by atoms with van der Waals surface area (Å²) in [4.78, 5) is 23.4. The topological polar surface area (TPSA) is 103 Å². The first-order valence-corrected chi connectivity index (χ1v) is 8.28. The van der Waals surface area contributed by atoms with Gasteiger partial charge in [0.05, 0.1) is 10.8 Å². The van der Waals surface area contributed by atoms with Crippen LogP contribution in [0.1, 0.15) is 18.3 Å². The molecule has 1 atom stereocenters. The van der Waals surface area contributed by atoms with Crippen molar-refractivity contribution in [2.75, 3.05) is 5.32 Å². The number of thioether (sulfide) groups is 1. The number of primary amides is 1. The molecule has 7 nitrogen and oxygen atoms in total. The lowest BCUT2D eigenvalue weighted by molar-refractivity contribution is -0.137. The number of carbonyl (C=O) groups is 2. The van der Waals surface area contributed by atoms with Crippen LogP contribution in [-0.2, 0) is 22.3 Å². The van der Waals surface area contributed by atoms with Crippen LogP contribution >= 0.6 is 11.8 Å². The highest BCUT2D eigenvalue weighted by atomic mass is 32.2. The Morgan fingerprint density at radius 3 is 2.65 bits per heavy atom. The number of nitrogens with zero attached hydrogens (tertiary/aromatic N) is 3. The van der Waals surface area contributed by atoms with E-state index in [9.17, 15) is 22.8 Å². The molecule has 0 saturated heterocycles. The van der Waals surface area contributed by atoms with E-state index in [1.807, 2.05) is 0 Å². The largest absolute Gasteiger partial charge is 0.416 e. The summed E-state index contributed by atoms with van der Waals surface area (Å²) in [6.07, 6.45) is -4.50. The number of alkyl halides is 3. The van der Waals surface area contributed by atoms with Crippen molar-refractivity contribution in [1.29, 1.82) is 0 Å². The highest BCUT2D eigenvalue weighted by Gasteiger charge is 2.30. The quantitative estimate of drug-likeness (QED) is 0.740. The molecule has 140 valence electrons. The number of rotatable bonds is 6. The lowest BCUT2D eigenvalue weighted by atomic mass is 10.2. The molecule has 0 radical (unpaired) electrons. The van der Waals surface area contributed by atoms with Gasteiger partial charge in [-0.05, 0) is 32.0 Å². The van der Waals surface area contributed by atoms with Gasteiger partial charge in [0.25, 0.3) is 0 Å². The van der Waals surface area contributed by atoms with Gasteiger partial charge in [-0.15, -0.1) is 10.2 Å². The zero-order valence-electron chi connectivity index (χ0n) is 13.9. The van der Waals surface area contributed by atoms with Crippen molar-refractivity contribution in [1.82, 2.24) is 14.8 Å². The van der Waals surface area contributed by atoms with Crippen molar-refractivity contribution in [3.8, 4) is 0 Å². The van der Waals surface area contributed by atoms with Crippen molar-refractivity contribution in [3.63, 3.8) is 0 Å². The molecule has 0 saturated carbocycles. The number of benzene rings is 1. The van der Waals surface area contributed by atoms with Gasteiger partial charge in [0.1, 0.15) is 12.4 Å². The standard InChI is InChI=1S/C15H16F3N5O2S/c1-8(26-14-22-21-9(2)23(14)7-12(19)24)13(25)20-11-5-3-4-10(6-11)15(16,17)18/h3-6,8H,7H2,1-2H3,(H2,19,24)(H,20,25). The molecule has 1 unspecified atom stereocenters. The third-order valence-electron chi connectivity index (χ3n) is 3.32. The Morgan fingerprint density at radius 1 is 1.35 bits per heavy atom. The maximum absolute atomic E-state index is 12.7. The highest BCUT2D eigenvalue weighted by molar-refractivity contribution is 8.00. The fraction of sp³-hybridized carbons (Fsp3) is 0.333. The molecule has 0 fully saturated rings. The van der Waals surface area contributed by atoms with Gasteiger partial charge in [-0.1, -0.05) is 17.8 Å². The first-order chi connectivity index (χ1) is 12.1. The number of amides is 2. The number of hydrogen-bond donors (Lipinski definition) is 2. The second-order valence-corrected chi connectivity index (χ2v) is 6.72. The number of aryl methyl sites for hydroxylation is 1. The third kappa shape index (κ3) is 4.97. The molecule has 0 aliphatic rings. The number of nitrogens with one attached hydrogen (secondary N) is 1. The monoisotopic (exact) mass is 387 g/mol. The molecular formula is C15H16F3N5O2S. The van der Waals surface area contributed by atoms with Crippen LogP contribution in [-0.4, -0.2) is 31.8 Å². The van der Waals surface area contributed by atoms with Gasteiger partial charge >= 0.3 is 6.18 Å². The van der Waals surface area contributed by atoms with E-state index in [0.717, 1.165) is 23.9 Å². The van der Waals surface area contributed by atoms with Crippen LogP contribution < -0.4 is 11.1 Å². The molecule has 0 aliphatic carbocycles. The van der Waals surface area contributed by atoms with Crippen molar-refractivity contribution < 1.29 is 22.8 Å². The first kappa shape index (κ1) is 19.8. The Labute approximate surface area is 151 Å². The molecule has 0 aliphatic heterocycles. The molecule has 11 heteroatoms. The minimum absolute atomic E-state index is 0.0343. The van der Waals surface area contributed by atoms with E-state index in [1.165, 1.54) is 16.7 Å². The zero-order valence-corrected chi connectivity index (χ0v) is 14.7. The minimum atomic E-state index is -4.50. The van der Waals surface area contributed by atoms with Crippen molar-refractivity contribution in [3.05, 3.63) is 35.7 Å². The number of carbonyl (C=O) groups excluding carboxylic acids is 2. The van der Waals surface area contributed by atoms with Crippen molar-refractivity contribution in [2.45, 2.75) is 37.0 Å². The van der Waals surface area contributed by atoms with Gasteiger partial charge in [-0.25, -0.2) is 0 Å². The minimum Gasteiger partial charge on any atom is -0.368 e. The molecule has 1 aromatic carbocycles. The summed E-state index contributed by atoms with van der Waals surface area (Å²) in [5, 5.41) is 9.77. The molecule has 1 aromatic heterocycles. The maximum Gasteiger partial charge on any atom is 0.416 e. The van der Waals surface area contributed by atoms with Gasteiger partial charge < -0.3 is 11.1 Å². The average Bonchev–Trinajstić information content (AvgIpc) is 2.87. The number of halogens is 3. The molecular weight excluding hydrogens is 371 g/mol. The molecule has 0 spiro atoms. The molecule has 1 heterocycles. The molecule has 2 amide bonds. The first-order valence-electron chi connectivity index (χ1n) is 7.41. The van der Waals surface area contributed by atoms with E-state index in [0.29, 0.717) is 11.0 Å². The number of anilines is 1. The Hall–Kier alpha value is -2.56. The lowest BCUT2D eigenvalue weighted by Gasteiger charge is -2.13. The number of nitrogens with two attached hydrogens (primary N) is 1. The van der Waals surface area contributed by atoms with Crippen molar-refractivity contribution >= 4 is 29.3 Å². The van der Waals surface area contributed by atoms with E-state index in [1.54, 1.807) is 13.8 Å². The predicted molar refractivity (Wildman–Crippen MR) is 89.3 cm³/mol. The van der Waals surface area contributed by atoms with Crippen LogP contribution in [0, 0.1) is 6.92 Å². The van der Waals surface area contributed by atoms with Crippen LogP contribution in [0.25, 0.3) is 0 Å². The Morgan fingerprint density at radius 2 is 2.04 bits per heavy atom. The number of aromatic nitrogens is 3. The van der Waals surface area contributed by atoms with E-state index >= 15 is 0 Å².